The van der Waals surface area contributed by atoms with Crippen molar-refractivity contribution in [2.24, 2.45) is 5.92 Å². The van der Waals surface area contributed by atoms with Crippen LogP contribution in [-0.2, 0) is 0 Å². The Morgan fingerprint density at radius 1 is 1.47 bits per heavy atom. The first-order chi connectivity index (χ1) is 7.18. The summed E-state index contributed by atoms with van der Waals surface area (Å²) >= 11 is 7.06. The van der Waals surface area contributed by atoms with Crippen LogP contribution in [0.15, 0.2) is 0 Å². The maximum atomic E-state index is 9.48. The predicted molar refractivity (Wildman–Crippen MR) is 61.5 cm³/mol. The van der Waals surface area contributed by atoms with Crippen LogP contribution in [0, 0.1) is 5.92 Å². The second-order valence-corrected chi connectivity index (χ2v) is 4.83. The van der Waals surface area contributed by atoms with Gasteiger partial charge in [-0.05, 0) is 25.7 Å². The smallest absolute Gasteiger partial charge is 0.187 e. The molecule has 0 amide bonds. The molecule has 1 aromatic rings. The Morgan fingerprint density at radius 3 is 2.60 bits per heavy atom. The number of aromatic nitrogens is 2. The Morgan fingerprint density at radius 2 is 2.13 bits per heavy atom. The average molecular weight is 248 g/mol. The lowest BCUT2D eigenvalue weighted by molar-refractivity contribution is 0.110. The van der Waals surface area contributed by atoms with Gasteiger partial charge in [-0.25, -0.2) is 0 Å². The van der Waals surface area contributed by atoms with Crippen LogP contribution in [0.5, 0.6) is 0 Å². The van der Waals surface area contributed by atoms with E-state index < -0.39 is 0 Å². The zero-order valence-electron chi connectivity index (χ0n) is 8.56. The van der Waals surface area contributed by atoms with Gasteiger partial charge in [-0.2, -0.15) is 8.75 Å². The lowest BCUT2D eigenvalue weighted by atomic mass is 9.92. The van der Waals surface area contributed by atoms with Crippen LogP contribution in [-0.4, -0.2) is 33.0 Å². The van der Waals surface area contributed by atoms with Gasteiger partial charge in [0.1, 0.15) is 0 Å². The summed E-state index contributed by atoms with van der Waals surface area (Å²) in [4.78, 5) is 2.14. The maximum absolute atomic E-state index is 9.48. The van der Waals surface area contributed by atoms with E-state index >= 15 is 0 Å². The number of halogens is 1. The van der Waals surface area contributed by atoms with E-state index in [4.69, 9.17) is 11.6 Å². The Bertz CT molecular complexity index is 323. The topological polar surface area (TPSA) is 49.2 Å². The van der Waals surface area contributed by atoms with Crippen molar-refractivity contribution >= 4 is 29.1 Å². The maximum Gasteiger partial charge on any atom is 0.187 e. The van der Waals surface area contributed by atoms with Crippen LogP contribution < -0.4 is 4.90 Å². The van der Waals surface area contributed by atoms with Crippen LogP contribution in [0.25, 0.3) is 0 Å². The predicted octanol–water partition coefficient (Wildman–Crippen LogP) is 1.79. The van der Waals surface area contributed by atoms with Crippen molar-refractivity contribution in [3.05, 3.63) is 5.15 Å². The molecule has 6 heteroatoms. The van der Waals surface area contributed by atoms with Gasteiger partial charge >= 0.3 is 0 Å². The number of hydrogen-bond donors (Lipinski definition) is 1. The van der Waals surface area contributed by atoms with Gasteiger partial charge in [0, 0.05) is 13.1 Å². The Labute approximate surface area is 98.2 Å². The van der Waals surface area contributed by atoms with Crippen molar-refractivity contribution in [1.82, 2.24) is 8.75 Å². The summed E-state index contributed by atoms with van der Waals surface area (Å²) in [5.41, 5.74) is 0. The average Bonchev–Trinajstić information content (AvgIpc) is 2.65. The highest BCUT2D eigenvalue weighted by Gasteiger charge is 2.25. The van der Waals surface area contributed by atoms with Crippen molar-refractivity contribution in [2.45, 2.75) is 25.9 Å². The Balaban J connectivity index is 1.97. The molecule has 0 aliphatic carbocycles. The molecule has 1 saturated heterocycles. The molecule has 0 bridgehead atoms. The van der Waals surface area contributed by atoms with Gasteiger partial charge in [-0.3, -0.25) is 0 Å². The summed E-state index contributed by atoms with van der Waals surface area (Å²) < 4.78 is 8.12. The zero-order chi connectivity index (χ0) is 10.8. The van der Waals surface area contributed by atoms with Crippen LogP contribution >= 0.6 is 23.3 Å². The monoisotopic (exact) mass is 247 g/mol. The molecule has 1 aliphatic heterocycles. The lowest BCUT2D eigenvalue weighted by Gasteiger charge is -2.33. The first-order valence-electron chi connectivity index (χ1n) is 5.09. The van der Waals surface area contributed by atoms with Crippen molar-refractivity contribution in [2.75, 3.05) is 18.0 Å². The quantitative estimate of drug-likeness (QED) is 0.866. The summed E-state index contributed by atoms with van der Waals surface area (Å²) in [6, 6.07) is 0. The minimum absolute atomic E-state index is 0.212. The van der Waals surface area contributed by atoms with Gasteiger partial charge in [-0.1, -0.05) is 11.6 Å². The van der Waals surface area contributed by atoms with Crippen molar-refractivity contribution in [3.63, 3.8) is 0 Å². The molecular formula is C9H14ClN3OS. The fourth-order valence-electron chi connectivity index (χ4n) is 1.96. The van der Waals surface area contributed by atoms with Crippen molar-refractivity contribution in [3.8, 4) is 0 Å². The third kappa shape index (κ3) is 2.41. The summed E-state index contributed by atoms with van der Waals surface area (Å²) in [6.07, 6.45) is 1.77. The van der Waals surface area contributed by atoms with E-state index in [9.17, 15) is 5.11 Å². The Kier molecular flexibility index (Phi) is 3.43. The summed E-state index contributed by atoms with van der Waals surface area (Å²) in [5, 5.41) is 9.97. The molecule has 0 spiro atoms. The standard InChI is InChI=1S/C9H14ClN3OS/c1-6(14)7-2-4-13(5-3-7)9-8(10)11-15-12-9/h6-7,14H,2-5H2,1H3. The molecule has 0 saturated carbocycles. The first-order valence-corrected chi connectivity index (χ1v) is 6.20. The van der Waals surface area contributed by atoms with Gasteiger partial charge < -0.3 is 10.0 Å². The highest BCUT2D eigenvalue weighted by Crippen LogP contribution is 2.28. The highest BCUT2D eigenvalue weighted by atomic mass is 35.5. The van der Waals surface area contributed by atoms with Crippen LogP contribution in [0.1, 0.15) is 19.8 Å². The molecule has 2 rings (SSSR count). The normalized spacial score (nSPS) is 20.6. The van der Waals surface area contributed by atoms with E-state index in [1.165, 1.54) is 0 Å². The molecule has 15 heavy (non-hydrogen) atoms. The van der Waals surface area contributed by atoms with Gasteiger partial charge in [-0.15, -0.1) is 0 Å². The molecule has 84 valence electrons. The summed E-state index contributed by atoms with van der Waals surface area (Å²) in [5.74, 6) is 1.21. The van der Waals surface area contributed by atoms with Crippen molar-refractivity contribution < 1.29 is 5.11 Å². The minimum Gasteiger partial charge on any atom is -0.393 e. The molecule has 1 atom stereocenters. The van der Waals surface area contributed by atoms with E-state index in [1.807, 2.05) is 6.92 Å². The highest BCUT2D eigenvalue weighted by molar-refractivity contribution is 6.99. The largest absolute Gasteiger partial charge is 0.393 e. The second kappa shape index (κ2) is 4.63. The van der Waals surface area contributed by atoms with Gasteiger partial charge in [0.15, 0.2) is 11.0 Å². The van der Waals surface area contributed by atoms with Crippen LogP contribution in [0.4, 0.5) is 5.82 Å². The molecule has 1 unspecified atom stereocenters. The number of nitrogens with zero attached hydrogens (tertiary/aromatic N) is 3. The van der Waals surface area contributed by atoms with Gasteiger partial charge in [0.25, 0.3) is 0 Å². The van der Waals surface area contributed by atoms with E-state index in [2.05, 4.69) is 13.6 Å². The van der Waals surface area contributed by atoms with Gasteiger partial charge in [0.05, 0.1) is 17.8 Å². The van der Waals surface area contributed by atoms with Gasteiger partial charge in [0.2, 0.25) is 0 Å². The molecule has 4 nitrogen and oxygen atoms in total. The number of rotatable bonds is 2. The minimum atomic E-state index is -0.212. The summed E-state index contributed by atoms with van der Waals surface area (Å²) in [6.45, 7) is 3.67. The fourth-order valence-corrected chi connectivity index (χ4v) is 2.73. The molecule has 2 heterocycles. The van der Waals surface area contributed by atoms with Crippen molar-refractivity contribution in [1.29, 1.82) is 0 Å². The molecule has 1 aliphatic rings. The number of aliphatic hydroxyl groups excluding tert-OH is 1. The fraction of sp³-hybridized carbons (Fsp3) is 0.778. The van der Waals surface area contributed by atoms with E-state index in [0.29, 0.717) is 11.1 Å². The second-order valence-electron chi connectivity index (χ2n) is 3.94. The van der Waals surface area contributed by atoms with E-state index in [-0.39, 0.29) is 6.10 Å². The Hall–Kier alpha value is -0.390. The molecule has 1 aromatic heterocycles. The molecule has 0 aromatic carbocycles. The van der Waals surface area contributed by atoms with Crippen LogP contribution in [0.3, 0.4) is 0 Å². The molecule has 1 fully saturated rings. The van der Waals surface area contributed by atoms with Crippen LogP contribution in [0.2, 0.25) is 5.15 Å². The molecule has 0 radical (unpaired) electrons. The lowest BCUT2D eigenvalue weighted by Crippen LogP contribution is -2.37. The third-order valence-electron chi connectivity index (χ3n) is 2.95. The zero-order valence-corrected chi connectivity index (χ0v) is 10.1. The number of anilines is 1. The SMILES string of the molecule is CC(O)C1CCN(c2nsnc2Cl)CC1. The molecule has 1 N–H and O–H groups in total. The molecular weight excluding hydrogens is 234 g/mol. The number of hydrogen-bond acceptors (Lipinski definition) is 5. The van der Waals surface area contributed by atoms with E-state index in [1.54, 1.807) is 0 Å². The third-order valence-corrected chi connectivity index (χ3v) is 3.83. The number of piperidine rings is 1. The number of aliphatic hydroxyl groups is 1. The summed E-state index contributed by atoms with van der Waals surface area (Å²) in [7, 11) is 0. The van der Waals surface area contributed by atoms with E-state index in [0.717, 1.165) is 43.5 Å². The first kappa shape index (κ1) is 11.1.